The molecule has 0 unspecified atom stereocenters. The van der Waals surface area contributed by atoms with Crippen LogP contribution in [0.25, 0.3) is 0 Å². The van der Waals surface area contributed by atoms with Crippen molar-refractivity contribution in [1.82, 2.24) is 0 Å². The van der Waals surface area contributed by atoms with Gasteiger partial charge in [0.2, 0.25) is 0 Å². The number of hydrogen-bond acceptors (Lipinski definition) is 8. The van der Waals surface area contributed by atoms with Gasteiger partial charge in [0.1, 0.15) is 11.9 Å². The highest BCUT2D eigenvalue weighted by Crippen LogP contribution is 2.67. The fourth-order valence-electron chi connectivity index (χ4n) is 7.04. The number of Topliss-reactive ketones (excluding diaryl/α,β-unsaturated/α-hetero) is 1. The van der Waals surface area contributed by atoms with Gasteiger partial charge in [-0.1, -0.05) is 26.8 Å². The summed E-state index contributed by atoms with van der Waals surface area (Å²) in [5, 5.41) is 35.3. The molecular weight excluding hydrogens is 428 g/mol. The zero-order chi connectivity index (χ0) is 24.6. The lowest BCUT2D eigenvalue weighted by atomic mass is 9.40. The zero-order valence-electron chi connectivity index (χ0n) is 19.8. The van der Waals surface area contributed by atoms with Gasteiger partial charge in [-0.2, -0.15) is 0 Å². The van der Waals surface area contributed by atoms with E-state index in [1.54, 1.807) is 13.8 Å². The molecule has 4 rings (SSSR count). The van der Waals surface area contributed by atoms with Crippen LogP contribution in [0.15, 0.2) is 35.7 Å². The van der Waals surface area contributed by atoms with Gasteiger partial charge >= 0.3 is 5.97 Å². The predicted molar refractivity (Wildman–Crippen MR) is 117 cm³/mol. The summed E-state index contributed by atoms with van der Waals surface area (Å²) < 4.78 is 17.1. The van der Waals surface area contributed by atoms with Crippen molar-refractivity contribution in [2.24, 2.45) is 16.7 Å². The van der Waals surface area contributed by atoms with Crippen molar-refractivity contribution in [2.75, 3.05) is 0 Å². The van der Waals surface area contributed by atoms with Crippen LogP contribution in [0.5, 0.6) is 0 Å². The SMILES string of the molecule is C=C[C@@]1(C)CC(=O)[C@]2(O)[C@@]3(C)[C@@H](O)CCC(C)(C)[C@@H]3[C@H](O)[C@H](OC(=O)c3ccoc3)[C@@]2(C)O1. The minimum Gasteiger partial charge on any atom is -0.472 e. The van der Waals surface area contributed by atoms with Crippen molar-refractivity contribution in [3.63, 3.8) is 0 Å². The Labute approximate surface area is 193 Å². The molecule has 3 fully saturated rings. The van der Waals surface area contributed by atoms with Crippen molar-refractivity contribution in [3.05, 3.63) is 36.8 Å². The van der Waals surface area contributed by atoms with Crippen LogP contribution in [0, 0.1) is 16.7 Å². The van der Waals surface area contributed by atoms with Crippen LogP contribution in [0.4, 0.5) is 0 Å². The first-order valence-electron chi connectivity index (χ1n) is 11.4. The van der Waals surface area contributed by atoms with E-state index in [1.165, 1.54) is 31.6 Å². The van der Waals surface area contributed by atoms with E-state index in [-0.39, 0.29) is 12.0 Å². The van der Waals surface area contributed by atoms with E-state index in [9.17, 15) is 24.9 Å². The number of hydrogen-bond donors (Lipinski definition) is 3. The Kier molecular flexibility index (Phi) is 5.30. The third-order valence-corrected chi connectivity index (χ3v) is 8.72. The van der Waals surface area contributed by atoms with Crippen molar-refractivity contribution in [2.45, 2.75) is 89.0 Å². The summed E-state index contributed by atoms with van der Waals surface area (Å²) >= 11 is 0. The minimum absolute atomic E-state index is 0.124. The van der Waals surface area contributed by atoms with Crippen LogP contribution in [0.3, 0.4) is 0 Å². The van der Waals surface area contributed by atoms with Gasteiger partial charge in [-0.3, -0.25) is 4.79 Å². The fourth-order valence-corrected chi connectivity index (χ4v) is 7.04. The summed E-state index contributed by atoms with van der Waals surface area (Å²) in [4.78, 5) is 26.7. The first-order chi connectivity index (χ1) is 15.2. The average Bonchev–Trinajstić information content (AvgIpc) is 3.26. The smallest absolute Gasteiger partial charge is 0.341 e. The molecule has 2 aliphatic carbocycles. The maximum absolute atomic E-state index is 13.8. The second kappa shape index (κ2) is 7.25. The van der Waals surface area contributed by atoms with E-state index >= 15 is 0 Å². The Morgan fingerprint density at radius 2 is 1.91 bits per heavy atom. The molecule has 0 amide bonds. The lowest BCUT2D eigenvalue weighted by Gasteiger charge is -2.71. The van der Waals surface area contributed by atoms with Gasteiger partial charge in [0.15, 0.2) is 17.5 Å². The molecule has 0 aromatic carbocycles. The highest BCUT2D eigenvalue weighted by atomic mass is 16.6. The Bertz CT molecular complexity index is 969. The molecule has 0 bridgehead atoms. The van der Waals surface area contributed by atoms with Gasteiger partial charge in [-0.25, -0.2) is 4.79 Å². The second-order valence-corrected chi connectivity index (χ2v) is 11.2. The number of aliphatic hydroxyl groups excluding tert-OH is 2. The normalized spacial score (nSPS) is 46.7. The molecule has 3 N–H and O–H groups in total. The number of aliphatic hydroxyl groups is 3. The number of ether oxygens (including phenoxy) is 2. The highest BCUT2D eigenvalue weighted by Gasteiger charge is 2.81. The Morgan fingerprint density at radius 3 is 2.48 bits per heavy atom. The molecule has 0 radical (unpaired) electrons. The van der Waals surface area contributed by atoms with Gasteiger partial charge in [0.05, 0.1) is 29.6 Å². The molecule has 1 aromatic heterocycles. The van der Waals surface area contributed by atoms with Crippen LogP contribution in [0.2, 0.25) is 0 Å². The standard InChI is InChI=1S/C25H34O8/c1-7-22(4)12-16(27)25(30)23(5)15(26)8-10-21(2,3)18(23)17(28)19(24(25,6)33-22)32-20(29)14-9-11-31-13-14/h7,9,11,13,15,17-19,26,28,30H,1,8,10,12H2,2-6H3/t15-,17-,18-,19-,22-,23-,24+,25-/m0/s1. The third-order valence-electron chi connectivity index (χ3n) is 8.72. The lowest BCUT2D eigenvalue weighted by molar-refractivity contribution is -0.369. The quantitative estimate of drug-likeness (QED) is 0.462. The van der Waals surface area contributed by atoms with Crippen molar-refractivity contribution >= 4 is 11.8 Å². The molecule has 3 aliphatic rings. The van der Waals surface area contributed by atoms with Crippen LogP contribution in [-0.2, 0) is 14.3 Å². The number of carbonyl (C=O) groups is 2. The number of furan rings is 1. The third kappa shape index (κ3) is 2.97. The Hall–Kier alpha value is -2.00. The maximum Gasteiger partial charge on any atom is 0.341 e. The molecule has 182 valence electrons. The van der Waals surface area contributed by atoms with E-state index in [0.29, 0.717) is 12.8 Å². The number of esters is 1. The number of ketones is 1. The van der Waals surface area contributed by atoms with Crippen LogP contribution >= 0.6 is 0 Å². The van der Waals surface area contributed by atoms with E-state index < -0.39 is 63.6 Å². The highest BCUT2D eigenvalue weighted by molar-refractivity contribution is 5.93. The molecule has 8 heteroatoms. The average molecular weight is 463 g/mol. The van der Waals surface area contributed by atoms with E-state index in [0.717, 1.165) is 0 Å². The van der Waals surface area contributed by atoms with Crippen molar-refractivity contribution in [3.8, 4) is 0 Å². The van der Waals surface area contributed by atoms with Gasteiger partial charge in [0.25, 0.3) is 0 Å². The molecule has 2 heterocycles. The fraction of sp³-hybridized carbons (Fsp3) is 0.680. The van der Waals surface area contributed by atoms with Crippen LogP contribution in [0.1, 0.15) is 64.2 Å². The van der Waals surface area contributed by atoms with E-state index in [4.69, 9.17) is 13.9 Å². The molecule has 8 atom stereocenters. The summed E-state index contributed by atoms with van der Waals surface area (Å²) in [7, 11) is 0. The molecule has 2 saturated carbocycles. The zero-order valence-corrected chi connectivity index (χ0v) is 19.8. The molecule has 1 aromatic rings. The topological polar surface area (TPSA) is 126 Å². The van der Waals surface area contributed by atoms with Gasteiger partial charge in [-0.05, 0) is 38.2 Å². The predicted octanol–water partition coefficient (Wildman–Crippen LogP) is 2.41. The maximum atomic E-state index is 13.8. The molecule has 0 spiro atoms. The van der Waals surface area contributed by atoms with Crippen molar-refractivity contribution < 1.29 is 38.8 Å². The second-order valence-electron chi connectivity index (χ2n) is 11.2. The van der Waals surface area contributed by atoms with E-state index in [2.05, 4.69) is 6.58 Å². The molecular formula is C25H34O8. The largest absolute Gasteiger partial charge is 0.472 e. The minimum atomic E-state index is -2.25. The Balaban J connectivity index is 1.94. The molecule has 1 saturated heterocycles. The summed E-state index contributed by atoms with van der Waals surface area (Å²) in [6, 6.07) is 1.42. The van der Waals surface area contributed by atoms with E-state index in [1.807, 2.05) is 13.8 Å². The first-order valence-corrected chi connectivity index (χ1v) is 11.4. The van der Waals surface area contributed by atoms with Gasteiger partial charge in [-0.15, -0.1) is 6.58 Å². The van der Waals surface area contributed by atoms with Crippen LogP contribution < -0.4 is 0 Å². The first kappa shape index (κ1) is 24.1. The summed E-state index contributed by atoms with van der Waals surface area (Å²) in [6.45, 7) is 12.4. The number of fused-ring (bicyclic) bond motifs is 3. The van der Waals surface area contributed by atoms with Crippen molar-refractivity contribution in [1.29, 1.82) is 0 Å². The summed E-state index contributed by atoms with van der Waals surface area (Å²) in [6.07, 6.45) is 0.905. The number of carbonyl (C=O) groups excluding carboxylic acids is 2. The monoisotopic (exact) mass is 462 g/mol. The van der Waals surface area contributed by atoms with Gasteiger partial charge < -0.3 is 29.2 Å². The summed E-state index contributed by atoms with van der Waals surface area (Å²) in [5.74, 6) is -2.09. The van der Waals surface area contributed by atoms with Crippen LogP contribution in [-0.4, -0.2) is 62.2 Å². The molecule has 33 heavy (non-hydrogen) atoms. The lowest BCUT2D eigenvalue weighted by Crippen LogP contribution is -2.86. The van der Waals surface area contributed by atoms with Gasteiger partial charge in [0, 0.05) is 17.8 Å². The Morgan fingerprint density at radius 1 is 1.24 bits per heavy atom. The molecule has 1 aliphatic heterocycles. The molecule has 8 nitrogen and oxygen atoms in total. The number of rotatable bonds is 3. The summed E-state index contributed by atoms with van der Waals surface area (Å²) in [5.41, 5.74) is -7.20.